The first-order valence-corrected chi connectivity index (χ1v) is 9.80. The number of benzene rings is 1. The zero-order valence-corrected chi connectivity index (χ0v) is 15.9. The molecule has 0 spiro atoms. The molecule has 1 aromatic rings. The van der Waals surface area contributed by atoms with Gasteiger partial charge in [-0.05, 0) is 35.8 Å². The number of aliphatic hydroxyl groups is 1. The van der Waals surface area contributed by atoms with Gasteiger partial charge in [0.1, 0.15) is 5.41 Å². The highest BCUT2D eigenvalue weighted by atomic mass is 16.4. The Balaban J connectivity index is 1.80. The summed E-state index contributed by atoms with van der Waals surface area (Å²) < 4.78 is 0. The van der Waals surface area contributed by atoms with E-state index in [0.717, 1.165) is 25.9 Å². The van der Waals surface area contributed by atoms with E-state index in [1.54, 1.807) is 0 Å². The number of nitrogens with zero attached hydrogens (tertiary/aromatic N) is 1. The molecule has 0 amide bonds. The van der Waals surface area contributed by atoms with E-state index in [1.165, 1.54) is 11.1 Å². The molecule has 4 heteroatoms. The van der Waals surface area contributed by atoms with Gasteiger partial charge in [0.15, 0.2) is 0 Å². The molecule has 2 aliphatic rings. The number of piperidine rings is 1. The number of likely N-dealkylation sites (tertiary alicyclic amines) is 1. The van der Waals surface area contributed by atoms with Crippen LogP contribution in [0.3, 0.4) is 0 Å². The van der Waals surface area contributed by atoms with Crippen LogP contribution in [0.4, 0.5) is 0 Å². The van der Waals surface area contributed by atoms with Gasteiger partial charge < -0.3 is 10.2 Å². The van der Waals surface area contributed by atoms with E-state index in [-0.39, 0.29) is 0 Å². The van der Waals surface area contributed by atoms with Crippen LogP contribution in [0, 0.1) is 17.3 Å². The summed E-state index contributed by atoms with van der Waals surface area (Å²) in [4.78, 5) is 14.4. The van der Waals surface area contributed by atoms with E-state index in [1.807, 2.05) is 18.2 Å². The average molecular weight is 357 g/mol. The second-order valence-electron chi connectivity index (χ2n) is 8.43. The highest BCUT2D eigenvalue weighted by molar-refractivity contribution is 5.76. The van der Waals surface area contributed by atoms with Crippen LogP contribution in [0.1, 0.15) is 45.1 Å². The minimum absolute atomic E-state index is 0.427. The van der Waals surface area contributed by atoms with Gasteiger partial charge in [0.25, 0.3) is 0 Å². The van der Waals surface area contributed by atoms with Crippen molar-refractivity contribution < 1.29 is 15.0 Å². The van der Waals surface area contributed by atoms with Crippen molar-refractivity contribution in [2.45, 2.75) is 45.6 Å². The van der Waals surface area contributed by atoms with Crippen LogP contribution in [-0.2, 0) is 4.79 Å². The maximum absolute atomic E-state index is 12.1. The van der Waals surface area contributed by atoms with Crippen LogP contribution in [0.15, 0.2) is 36.4 Å². The van der Waals surface area contributed by atoms with Crippen molar-refractivity contribution in [2.24, 2.45) is 17.3 Å². The molecule has 0 bridgehead atoms. The first-order chi connectivity index (χ1) is 12.4. The molecule has 0 unspecified atom stereocenters. The minimum atomic E-state index is -1.01. The number of carboxylic acid groups (broad SMARTS) is 1. The van der Waals surface area contributed by atoms with Crippen molar-refractivity contribution in [3.63, 3.8) is 0 Å². The lowest BCUT2D eigenvalue weighted by Crippen LogP contribution is -2.56. The van der Waals surface area contributed by atoms with Crippen molar-refractivity contribution in [1.29, 1.82) is 0 Å². The Morgan fingerprint density at radius 3 is 2.54 bits per heavy atom. The second kappa shape index (κ2) is 7.93. The monoisotopic (exact) mass is 357 g/mol. The largest absolute Gasteiger partial charge is 0.481 e. The molecule has 1 aliphatic carbocycles. The number of aliphatic carboxylic acids is 1. The van der Waals surface area contributed by atoms with Crippen LogP contribution < -0.4 is 0 Å². The van der Waals surface area contributed by atoms with Gasteiger partial charge in [0.2, 0.25) is 0 Å². The molecule has 1 saturated heterocycles. The lowest BCUT2D eigenvalue weighted by atomic mass is 9.73. The average Bonchev–Trinajstić information content (AvgIpc) is 3.41. The van der Waals surface area contributed by atoms with Crippen LogP contribution in [0.2, 0.25) is 0 Å². The summed E-state index contributed by atoms with van der Waals surface area (Å²) in [6, 6.07) is 10.3. The summed E-state index contributed by atoms with van der Waals surface area (Å²) in [6.45, 7) is 6.23. The fraction of sp³-hybridized carbons (Fsp3) is 0.591. The summed E-state index contributed by atoms with van der Waals surface area (Å²) >= 11 is 0. The standard InChI is InChI=1S/C22H31NO3/c1-16(2)12-19(18-6-4-3-5-7-18)14-23-11-10-20(24)22(15-23,21(25)26)13-17-8-9-17/h3-7,12,16-17,20,24H,8-11,13-15H2,1-2H3,(H,25,26)/b19-12+/t20-,22-/m0/s1. The van der Waals surface area contributed by atoms with E-state index in [2.05, 4.69) is 37.0 Å². The zero-order chi connectivity index (χ0) is 18.7. The summed E-state index contributed by atoms with van der Waals surface area (Å²) in [7, 11) is 0. The molecule has 3 rings (SSSR count). The molecule has 1 aliphatic heterocycles. The highest BCUT2D eigenvalue weighted by Gasteiger charge is 2.51. The molecular weight excluding hydrogens is 326 g/mol. The molecule has 2 N–H and O–H groups in total. The first kappa shape index (κ1) is 19.1. The summed E-state index contributed by atoms with van der Waals surface area (Å²) in [6.07, 6.45) is 4.86. The Kier molecular flexibility index (Phi) is 5.83. The van der Waals surface area contributed by atoms with E-state index < -0.39 is 17.5 Å². The van der Waals surface area contributed by atoms with Crippen molar-refractivity contribution in [2.75, 3.05) is 19.6 Å². The minimum Gasteiger partial charge on any atom is -0.481 e. The SMILES string of the molecule is CC(C)/C=C(\CN1CC[C@H](O)[C@@](CC2CC2)(C(=O)O)C1)c1ccccc1. The number of carbonyl (C=O) groups is 1. The zero-order valence-electron chi connectivity index (χ0n) is 15.9. The third kappa shape index (κ3) is 4.36. The van der Waals surface area contributed by atoms with Gasteiger partial charge in [0, 0.05) is 19.6 Å². The summed E-state index contributed by atoms with van der Waals surface area (Å²) in [5.41, 5.74) is 1.41. The van der Waals surface area contributed by atoms with Gasteiger partial charge in [0.05, 0.1) is 6.10 Å². The molecule has 0 aromatic heterocycles. The lowest BCUT2D eigenvalue weighted by Gasteiger charge is -2.44. The molecule has 26 heavy (non-hydrogen) atoms. The van der Waals surface area contributed by atoms with Gasteiger partial charge >= 0.3 is 5.97 Å². The van der Waals surface area contributed by atoms with Gasteiger partial charge in [-0.1, -0.05) is 63.1 Å². The number of hydrogen-bond donors (Lipinski definition) is 2. The molecule has 1 heterocycles. The predicted octanol–water partition coefficient (Wildman–Crippen LogP) is 3.66. The molecular formula is C22H31NO3. The Bertz CT molecular complexity index is 651. The first-order valence-electron chi connectivity index (χ1n) is 9.80. The number of hydrogen-bond acceptors (Lipinski definition) is 3. The molecule has 2 atom stereocenters. The number of carboxylic acids is 1. The Morgan fingerprint density at radius 2 is 1.96 bits per heavy atom. The van der Waals surface area contributed by atoms with Crippen LogP contribution in [0.5, 0.6) is 0 Å². The molecule has 2 fully saturated rings. The Hall–Kier alpha value is -1.65. The topological polar surface area (TPSA) is 60.8 Å². The normalized spacial score (nSPS) is 27.7. The fourth-order valence-electron chi connectivity index (χ4n) is 4.17. The lowest BCUT2D eigenvalue weighted by molar-refractivity contribution is -0.164. The van der Waals surface area contributed by atoms with Crippen molar-refractivity contribution >= 4 is 11.5 Å². The van der Waals surface area contributed by atoms with Crippen LogP contribution in [-0.4, -0.2) is 46.8 Å². The van der Waals surface area contributed by atoms with E-state index in [0.29, 0.717) is 31.2 Å². The highest BCUT2D eigenvalue weighted by Crippen LogP contribution is 2.45. The van der Waals surface area contributed by atoms with E-state index in [9.17, 15) is 15.0 Å². The predicted molar refractivity (Wildman–Crippen MR) is 104 cm³/mol. The molecule has 142 valence electrons. The van der Waals surface area contributed by atoms with Gasteiger partial charge in [-0.25, -0.2) is 0 Å². The smallest absolute Gasteiger partial charge is 0.313 e. The molecule has 1 aromatic carbocycles. The van der Waals surface area contributed by atoms with E-state index in [4.69, 9.17) is 0 Å². The number of aliphatic hydroxyl groups excluding tert-OH is 1. The molecule has 0 radical (unpaired) electrons. The van der Waals surface area contributed by atoms with Crippen molar-refractivity contribution in [3.8, 4) is 0 Å². The molecule has 1 saturated carbocycles. The van der Waals surface area contributed by atoms with Gasteiger partial charge in [-0.15, -0.1) is 0 Å². The summed E-state index contributed by atoms with van der Waals surface area (Å²) in [5, 5.41) is 20.5. The maximum Gasteiger partial charge on any atom is 0.313 e. The van der Waals surface area contributed by atoms with Crippen molar-refractivity contribution in [1.82, 2.24) is 4.90 Å². The van der Waals surface area contributed by atoms with Gasteiger partial charge in [-0.2, -0.15) is 0 Å². The molecule has 4 nitrogen and oxygen atoms in total. The van der Waals surface area contributed by atoms with Crippen LogP contribution in [0.25, 0.3) is 5.57 Å². The Morgan fingerprint density at radius 1 is 1.27 bits per heavy atom. The van der Waals surface area contributed by atoms with Gasteiger partial charge in [-0.3, -0.25) is 9.69 Å². The Labute approximate surface area is 156 Å². The van der Waals surface area contributed by atoms with E-state index >= 15 is 0 Å². The maximum atomic E-state index is 12.1. The summed E-state index contributed by atoms with van der Waals surface area (Å²) in [5.74, 6) is 0.0625. The third-order valence-corrected chi connectivity index (χ3v) is 5.71. The fourth-order valence-corrected chi connectivity index (χ4v) is 4.17. The second-order valence-corrected chi connectivity index (χ2v) is 8.43. The number of rotatable bonds is 7. The van der Waals surface area contributed by atoms with Crippen molar-refractivity contribution in [3.05, 3.63) is 42.0 Å². The third-order valence-electron chi connectivity index (χ3n) is 5.71. The quantitative estimate of drug-likeness (QED) is 0.782. The van der Waals surface area contributed by atoms with Crippen LogP contribution >= 0.6 is 0 Å². The number of allylic oxidation sites excluding steroid dienone is 1.